The number of pyridine rings is 1. The van der Waals surface area contributed by atoms with Gasteiger partial charge < -0.3 is 9.88 Å². The Balaban J connectivity index is 1.49. The molecule has 0 aliphatic heterocycles. The van der Waals surface area contributed by atoms with Crippen LogP contribution in [-0.2, 0) is 11.8 Å². The van der Waals surface area contributed by atoms with Gasteiger partial charge in [-0.1, -0.05) is 60.3 Å². The van der Waals surface area contributed by atoms with Crippen LogP contribution in [0.25, 0.3) is 22.5 Å². The predicted octanol–water partition coefficient (Wildman–Crippen LogP) is 4.66. The summed E-state index contributed by atoms with van der Waals surface area (Å²) in [5.41, 5.74) is 3.77. The molecule has 0 unspecified atom stereocenters. The van der Waals surface area contributed by atoms with Crippen LogP contribution in [0.2, 0.25) is 0 Å². The minimum Gasteiger partial charge on any atom is -0.325 e. The smallest absolute Gasteiger partial charge is 0.237 e. The first-order valence-corrected chi connectivity index (χ1v) is 10.4. The van der Waals surface area contributed by atoms with Crippen LogP contribution in [-0.4, -0.2) is 30.9 Å². The molecule has 2 heterocycles. The maximum atomic E-state index is 12.9. The molecule has 0 aliphatic carbocycles. The first-order valence-electron chi connectivity index (χ1n) is 9.55. The number of amides is 1. The summed E-state index contributed by atoms with van der Waals surface area (Å²) in [5.74, 6) is 0.652. The minimum atomic E-state index is -0.345. The Morgan fingerprint density at radius 2 is 1.63 bits per heavy atom. The van der Waals surface area contributed by atoms with Gasteiger partial charge in [-0.2, -0.15) is 0 Å². The monoisotopic (exact) mass is 415 g/mol. The summed E-state index contributed by atoms with van der Waals surface area (Å²) in [5, 5.41) is 11.9. The van der Waals surface area contributed by atoms with Gasteiger partial charge in [0.25, 0.3) is 0 Å². The summed E-state index contributed by atoms with van der Waals surface area (Å²) < 4.78 is 1.89. The molecule has 1 atom stereocenters. The molecule has 4 aromatic rings. The van der Waals surface area contributed by atoms with Gasteiger partial charge in [-0.15, -0.1) is 10.2 Å². The summed E-state index contributed by atoms with van der Waals surface area (Å²) in [4.78, 5) is 16.9. The second-order valence-corrected chi connectivity index (χ2v) is 8.07. The van der Waals surface area contributed by atoms with E-state index in [-0.39, 0.29) is 11.2 Å². The lowest BCUT2D eigenvalue weighted by Crippen LogP contribution is -2.23. The maximum Gasteiger partial charge on any atom is 0.237 e. The van der Waals surface area contributed by atoms with Crippen LogP contribution >= 0.6 is 11.8 Å². The number of aromatic nitrogens is 4. The van der Waals surface area contributed by atoms with Gasteiger partial charge in [0.15, 0.2) is 11.0 Å². The van der Waals surface area contributed by atoms with Crippen molar-refractivity contribution in [3.63, 3.8) is 0 Å². The molecule has 1 N–H and O–H groups in total. The van der Waals surface area contributed by atoms with Crippen LogP contribution < -0.4 is 5.32 Å². The fourth-order valence-electron chi connectivity index (χ4n) is 3.08. The second-order valence-electron chi connectivity index (χ2n) is 6.76. The molecule has 30 heavy (non-hydrogen) atoms. The Hall–Kier alpha value is -3.45. The summed E-state index contributed by atoms with van der Waals surface area (Å²) in [6, 6.07) is 21.6. The molecule has 150 valence electrons. The Morgan fingerprint density at radius 3 is 2.40 bits per heavy atom. The summed E-state index contributed by atoms with van der Waals surface area (Å²) in [6.45, 7) is 1.87. The van der Waals surface area contributed by atoms with E-state index in [9.17, 15) is 4.79 Å². The largest absolute Gasteiger partial charge is 0.325 e. The van der Waals surface area contributed by atoms with Gasteiger partial charge >= 0.3 is 0 Å². The lowest BCUT2D eigenvalue weighted by atomic mass is 10.0. The molecule has 0 aliphatic rings. The molecule has 0 spiro atoms. The Labute approximate surface area is 179 Å². The fraction of sp³-hybridized carbons (Fsp3) is 0.130. The molecular weight excluding hydrogens is 394 g/mol. The number of para-hydroxylation sites is 1. The summed E-state index contributed by atoms with van der Waals surface area (Å²) in [6.07, 6.45) is 3.44. The van der Waals surface area contributed by atoms with Crippen molar-refractivity contribution in [3.05, 3.63) is 79.1 Å². The Bertz CT molecular complexity index is 1140. The molecule has 6 nitrogen and oxygen atoms in total. The number of carbonyl (C=O) groups excluding carboxylic acids is 1. The molecule has 7 heteroatoms. The molecule has 0 saturated carbocycles. The lowest BCUT2D eigenvalue weighted by Gasteiger charge is -2.15. The van der Waals surface area contributed by atoms with Gasteiger partial charge in [-0.25, -0.2) is 0 Å². The summed E-state index contributed by atoms with van der Waals surface area (Å²) in [7, 11) is 1.90. The molecule has 2 aromatic heterocycles. The zero-order valence-electron chi connectivity index (χ0n) is 16.7. The zero-order valence-corrected chi connectivity index (χ0v) is 17.5. The van der Waals surface area contributed by atoms with Crippen molar-refractivity contribution in [3.8, 4) is 22.5 Å². The van der Waals surface area contributed by atoms with Gasteiger partial charge in [0.2, 0.25) is 5.91 Å². The first-order chi connectivity index (χ1) is 14.6. The van der Waals surface area contributed by atoms with Crippen LogP contribution in [0.4, 0.5) is 5.69 Å². The number of carbonyl (C=O) groups is 1. The quantitative estimate of drug-likeness (QED) is 0.464. The van der Waals surface area contributed by atoms with E-state index in [1.807, 2.05) is 85.3 Å². The SMILES string of the molecule is C[C@H](Sc1nnc(-c2ccncc2)n1C)C(=O)Nc1ccccc1-c1ccccc1. The fourth-order valence-corrected chi connectivity index (χ4v) is 3.89. The van der Waals surface area contributed by atoms with Crippen molar-refractivity contribution in [2.75, 3.05) is 5.32 Å². The topological polar surface area (TPSA) is 72.7 Å². The Kier molecular flexibility index (Phi) is 5.90. The standard InChI is InChI=1S/C23H21N5OS/c1-16(30-23-27-26-21(28(23)2)18-12-14-24-15-13-18)22(29)25-20-11-7-6-10-19(20)17-8-4-3-5-9-17/h3-16H,1-2H3,(H,25,29)/t16-/m0/s1. The average molecular weight is 416 g/mol. The van der Waals surface area contributed by atoms with Crippen LogP contribution in [0.3, 0.4) is 0 Å². The minimum absolute atomic E-state index is 0.0863. The van der Waals surface area contributed by atoms with E-state index in [2.05, 4.69) is 20.5 Å². The molecule has 0 fully saturated rings. The highest BCUT2D eigenvalue weighted by atomic mass is 32.2. The number of nitrogens with zero attached hydrogens (tertiary/aromatic N) is 4. The molecule has 0 radical (unpaired) electrons. The van der Waals surface area contributed by atoms with E-state index >= 15 is 0 Å². The van der Waals surface area contributed by atoms with E-state index in [4.69, 9.17) is 0 Å². The number of hydrogen-bond donors (Lipinski definition) is 1. The highest BCUT2D eigenvalue weighted by Gasteiger charge is 2.20. The van der Waals surface area contributed by atoms with Gasteiger partial charge in [0, 0.05) is 36.3 Å². The second kappa shape index (κ2) is 8.92. The molecule has 1 amide bonds. The Morgan fingerprint density at radius 1 is 0.933 bits per heavy atom. The molecule has 2 aromatic carbocycles. The van der Waals surface area contributed by atoms with E-state index in [1.54, 1.807) is 12.4 Å². The number of rotatable bonds is 6. The van der Waals surface area contributed by atoms with Gasteiger partial charge in [-0.05, 0) is 30.7 Å². The van der Waals surface area contributed by atoms with Crippen molar-refractivity contribution in [1.82, 2.24) is 19.7 Å². The number of benzene rings is 2. The van der Waals surface area contributed by atoms with E-state index < -0.39 is 0 Å². The normalized spacial score (nSPS) is 11.8. The average Bonchev–Trinajstić information content (AvgIpc) is 3.15. The molecule has 0 saturated heterocycles. The van der Waals surface area contributed by atoms with Gasteiger partial charge in [-0.3, -0.25) is 9.78 Å². The summed E-state index contributed by atoms with van der Waals surface area (Å²) >= 11 is 1.38. The maximum absolute atomic E-state index is 12.9. The highest BCUT2D eigenvalue weighted by molar-refractivity contribution is 8.00. The van der Waals surface area contributed by atoms with Crippen LogP contribution in [0.1, 0.15) is 6.92 Å². The van der Waals surface area contributed by atoms with Crippen LogP contribution in [0.15, 0.2) is 84.3 Å². The van der Waals surface area contributed by atoms with Crippen LogP contribution in [0, 0.1) is 0 Å². The first kappa shape index (κ1) is 19.8. The van der Waals surface area contributed by atoms with E-state index in [0.717, 1.165) is 28.2 Å². The van der Waals surface area contributed by atoms with E-state index in [0.29, 0.717) is 5.16 Å². The van der Waals surface area contributed by atoms with Crippen molar-refractivity contribution in [2.45, 2.75) is 17.3 Å². The molecule has 0 bridgehead atoms. The van der Waals surface area contributed by atoms with Gasteiger partial charge in [0.1, 0.15) is 0 Å². The van der Waals surface area contributed by atoms with Crippen molar-refractivity contribution in [2.24, 2.45) is 7.05 Å². The number of anilines is 1. The van der Waals surface area contributed by atoms with Crippen molar-refractivity contribution < 1.29 is 4.79 Å². The number of hydrogen-bond acceptors (Lipinski definition) is 5. The lowest BCUT2D eigenvalue weighted by molar-refractivity contribution is -0.115. The third-order valence-electron chi connectivity index (χ3n) is 4.69. The van der Waals surface area contributed by atoms with Gasteiger partial charge in [0.05, 0.1) is 5.25 Å². The van der Waals surface area contributed by atoms with Crippen molar-refractivity contribution >= 4 is 23.4 Å². The number of nitrogens with one attached hydrogen (secondary N) is 1. The third-order valence-corrected chi connectivity index (χ3v) is 5.83. The third kappa shape index (κ3) is 4.26. The molecular formula is C23H21N5OS. The predicted molar refractivity (Wildman–Crippen MR) is 120 cm³/mol. The van der Waals surface area contributed by atoms with Crippen LogP contribution in [0.5, 0.6) is 0 Å². The van der Waals surface area contributed by atoms with E-state index in [1.165, 1.54) is 11.8 Å². The molecule has 4 rings (SSSR count). The highest BCUT2D eigenvalue weighted by Crippen LogP contribution is 2.30. The van der Waals surface area contributed by atoms with Crippen molar-refractivity contribution in [1.29, 1.82) is 0 Å². The number of thioether (sulfide) groups is 1. The zero-order chi connectivity index (χ0) is 20.9.